The van der Waals surface area contributed by atoms with Gasteiger partial charge in [-0.05, 0) is 142 Å². The number of benzene rings is 4. The van der Waals surface area contributed by atoms with Crippen molar-refractivity contribution in [2.24, 2.45) is 0 Å². The van der Waals surface area contributed by atoms with Crippen LogP contribution in [0.25, 0.3) is 22.3 Å². The van der Waals surface area contributed by atoms with Gasteiger partial charge in [0, 0.05) is 12.1 Å². The molecule has 0 saturated carbocycles. The molecule has 4 nitrogen and oxygen atoms in total. The Morgan fingerprint density at radius 3 is 1.60 bits per heavy atom. The number of ether oxygens (including phenoxy) is 2. The third-order valence-electron chi connectivity index (χ3n) is 8.20. The number of hydrogen-bond donors (Lipinski definition) is 0. The highest BCUT2D eigenvalue weighted by atomic mass is 16.5. The fraction of sp³-hybridized carbons (Fsp3) is 0.333. The molecule has 0 aliphatic carbocycles. The first-order valence-electron chi connectivity index (χ1n) is 14.2. The van der Waals surface area contributed by atoms with Gasteiger partial charge < -0.3 is 19.3 Å². The molecule has 4 heteroatoms. The largest absolute Gasteiger partial charge is 0.497 e. The number of fused-ring (bicyclic) bond motifs is 2. The molecule has 0 unspecified atom stereocenters. The van der Waals surface area contributed by atoms with E-state index >= 15 is 0 Å². The molecule has 0 amide bonds. The van der Waals surface area contributed by atoms with Crippen LogP contribution < -0.4 is 19.3 Å². The summed E-state index contributed by atoms with van der Waals surface area (Å²) in [7, 11) is 3.44. The first-order valence-corrected chi connectivity index (χ1v) is 14.2. The second-order valence-electron chi connectivity index (χ2n) is 11.6. The topological polar surface area (TPSA) is 24.9 Å². The zero-order chi connectivity index (χ0) is 28.9. The fourth-order valence-electron chi connectivity index (χ4n) is 6.32. The quantitative estimate of drug-likeness (QED) is 0.246. The van der Waals surface area contributed by atoms with Crippen molar-refractivity contribution in [2.75, 3.05) is 24.0 Å². The number of hydrogen-bond acceptors (Lipinski definition) is 4. The monoisotopic (exact) mass is 534 g/mol. The molecule has 4 aromatic carbocycles. The number of rotatable bonds is 6. The Labute approximate surface area is 240 Å². The number of aryl methyl sites for hydroxylation is 3. The van der Waals surface area contributed by atoms with E-state index in [0.29, 0.717) is 0 Å². The zero-order valence-electron chi connectivity index (χ0n) is 25.6. The van der Waals surface area contributed by atoms with Gasteiger partial charge in [-0.3, -0.25) is 0 Å². The Kier molecular flexibility index (Phi) is 7.31. The third kappa shape index (κ3) is 4.50. The summed E-state index contributed by atoms with van der Waals surface area (Å²) in [4.78, 5) is 5.08. The van der Waals surface area contributed by atoms with Crippen molar-refractivity contribution in [1.29, 1.82) is 0 Å². The second kappa shape index (κ2) is 10.6. The summed E-state index contributed by atoms with van der Waals surface area (Å²) in [6.45, 7) is 18.0. The highest BCUT2D eigenvalue weighted by Gasteiger charge is 2.35. The highest BCUT2D eigenvalue weighted by Crippen LogP contribution is 2.55. The number of anilines is 4. The predicted octanol–water partition coefficient (Wildman–Crippen LogP) is 9.68. The van der Waals surface area contributed by atoms with Crippen LogP contribution in [0.2, 0.25) is 0 Å². The van der Waals surface area contributed by atoms with Gasteiger partial charge in [0.25, 0.3) is 0 Å². The van der Waals surface area contributed by atoms with Gasteiger partial charge in [-0.1, -0.05) is 18.2 Å². The summed E-state index contributed by atoms with van der Waals surface area (Å²) >= 11 is 0. The van der Waals surface area contributed by atoms with Gasteiger partial charge in [-0.2, -0.15) is 0 Å². The molecule has 0 N–H and O–H groups in total. The molecule has 0 aromatic heterocycles. The Hall–Kier alpha value is -3.92. The molecule has 0 atom stereocenters. The smallest absolute Gasteiger partial charge is 0.119 e. The maximum absolute atomic E-state index is 5.50. The Morgan fingerprint density at radius 1 is 0.525 bits per heavy atom. The van der Waals surface area contributed by atoms with Gasteiger partial charge in [0.2, 0.25) is 0 Å². The van der Waals surface area contributed by atoms with Crippen LogP contribution >= 0.6 is 0 Å². The van der Waals surface area contributed by atoms with E-state index < -0.39 is 0 Å². The van der Waals surface area contributed by atoms with Gasteiger partial charge in [0.15, 0.2) is 0 Å². The molecular weight excluding hydrogens is 492 g/mol. The molecule has 0 fully saturated rings. The molecule has 208 valence electrons. The van der Waals surface area contributed by atoms with Gasteiger partial charge in [0.05, 0.1) is 37.0 Å². The Bertz CT molecular complexity index is 1580. The molecule has 0 spiro atoms. The van der Waals surface area contributed by atoms with Crippen molar-refractivity contribution in [1.82, 2.24) is 0 Å². The van der Waals surface area contributed by atoms with Crippen molar-refractivity contribution in [3.8, 4) is 33.8 Å². The van der Waals surface area contributed by atoms with Crippen molar-refractivity contribution >= 4 is 22.7 Å². The van der Waals surface area contributed by atoms with Crippen LogP contribution in [0.4, 0.5) is 22.7 Å². The molecular formula is C36H42N2O2. The summed E-state index contributed by atoms with van der Waals surface area (Å²) in [5.74, 6) is 1.78. The Morgan fingerprint density at radius 2 is 1.07 bits per heavy atom. The Balaban J connectivity index is 1.75. The van der Waals surface area contributed by atoms with Crippen LogP contribution in [0, 0.1) is 27.7 Å². The molecule has 1 heterocycles. The second-order valence-corrected chi connectivity index (χ2v) is 11.6. The molecule has 4 aromatic rings. The van der Waals surface area contributed by atoms with E-state index in [0.717, 1.165) is 11.5 Å². The molecule has 0 radical (unpaired) electrons. The minimum absolute atomic E-state index is 0.283. The molecule has 40 heavy (non-hydrogen) atoms. The van der Waals surface area contributed by atoms with E-state index in [2.05, 4.69) is 120 Å². The van der Waals surface area contributed by atoms with Crippen LogP contribution in [-0.2, 0) is 0 Å². The maximum Gasteiger partial charge on any atom is 0.119 e. The lowest BCUT2D eigenvalue weighted by molar-refractivity contribution is 0.414. The summed E-state index contributed by atoms with van der Waals surface area (Å²) in [5.41, 5.74) is 15.1. The van der Waals surface area contributed by atoms with E-state index in [4.69, 9.17) is 9.47 Å². The third-order valence-corrected chi connectivity index (χ3v) is 8.20. The summed E-state index contributed by atoms with van der Waals surface area (Å²) < 4.78 is 11.0. The lowest BCUT2D eigenvalue weighted by Crippen LogP contribution is -2.37. The normalized spacial score (nSPS) is 12.6. The van der Waals surface area contributed by atoms with Gasteiger partial charge in [0.1, 0.15) is 11.5 Å². The van der Waals surface area contributed by atoms with Gasteiger partial charge in [-0.25, -0.2) is 0 Å². The number of methoxy groups -OCH3 is 2. The van der Waals surface area contributed by atoms with Gasteiger partial charge in [-0.15, -0.1) is 0 Å². The number of nitrogens with zero attached hydrogens (tertiary/aromatic N) is 2. The van der Waals surface area contributed by atoms with Crippen molar-refractivity contribution in [2.45, 2.75) is 67.5 Å². The minimum Gasteiger partial charge on any atom is -0.497 e. The van der Waals surface area contributed by atoms with Crippen LogP contribution in [0.3, 0.4) is 0 Å². The molecule has 5 rings (SSSR count). The predicted molar refractivity (Wildman–Crippen MR) is 170 cm³/mol. The average molecular weight is 535 g/mol. The van der Waals surface area contributed by atoms with E-state index in [9.17, 15) is 0 Å². The molecule has 0 bridgehead atoms. The lowest BCUT2D eigenvalue weighted by Gasteiger charge is -2.46. The zero-order valence-corrected chi connectivity index (χ0v) is 25.6. The SMILES string of the molecule is COc1ccc(-c2ccc3c(c2)N(C(C)C)c2c(C)cc(-c4ccc(OC)cc4C)c(C)c2N3C(C)C)c(C)c1. The standard InChI is InChI=1S/C36H42N2O2/c1-21(2)37-33-16-11-27(30-14-12-28(39-9)17-23(30)5)20-34(33)38(22(3)4)35-25(7)19-32(26(8)36(35)37)31-15-13-29(40-10)18-24(31)6/h11-22H,1-10H3. The highest BCUT2D eigenvalue weighted by molar-refractivity contribution is 6.00. The minimum atomic E-state index is 0.283. The van der Waals surface area contributed by atoms with Crippen LogP contribution in [0.15, 0.2) is 60.7 Å². The van der Waals surface area contributed by atoms with E-state index in [-0.39, 0.29) is 12.1 Å². The van der Waals surface area contributed by atoms with Crippen molar-refractivity contribution < 1.29 is 9.47 Å². The lowest BCUT2D eigenvalue weighted by atomic mass is 9.89. The molecule has 1 aliphatic rings. The van der Waals surface area contributed by atoms with E-state index in [1.54, 1.807) is 14.2 Å². The molecule has 0 saturated heterocycles. The van der Waals surface area contributed by atoms with Crippen molar-refractivity contribution in [3.63, 3.8) is 0 Å². The van der Waals surface area contributed by atoms with Crippen LogP contribution in [0.1, 0.15) is 49.9 Å². The fourth-order valence-corrected chi connectivity index (χ4v) is 6.32. The average Bonchev–Trinajstić information content (AvgIpc) is 2.92. The van der Waals surface area contributed by atoms with Crippen LogP contribution in [-0.4, -0.2) is 26.3 Å². The summed E-state index contributed by atoms with van der Waals surface area (Å²) in [5, 5.41) is 0. The van der Waals surface area contributed by atoms with Gasteiger partial charge >= 0.3 is 0 Å². The maximum atomic E-state index is 5.50. The van der Waals surface area contributed by atoms with Crippen LogP contribution in [0.5, 0.6) is 11.5 Å². The summed E-state index contributed by atoms with van der Waals surface area (Å²) in [6, 6.07) is 22.6. The van der Waals surface area contributed by atoms with E-state index in [1.165, 1.54) is 67.3 Å². The first kappa shape index (κ1) is 27.6. The van der Waals surface area contributed by atoms with E-state index in [1.807, 2.05) is 6.07 Å². The summed E-state index contributed by atoms with van der Waals surface area (Å²) in [6.07, 6.45) is 0. The van der Waals surface area contributed by atoms with Crippen molar-refractivity contribution in [3.05, 3.63) is 82.9 Å². The molecule has 1 aliphatic heterocycles. The first-order chi connectivity index (χ1) is 19.1.